The Labute approximate surface area is 188 Å². The zero-order chi connectivity index (χ0) is 23.4. The number of hydrogen-bond donors (Lipinski definition) is 1. The van der Waals surface area contributed by atoms with Crippen molar-refractivity contribution in [1.29, 1.82) is 0 Å². The van der Waals surface area contributed by atoms with E-state index in [-0.39, 0.29) is 59.9 Å². The number of hydrogen-bond acceptors (Lipinski definition) is 6. The summed E-state index contributed by atoms with van der Waals surface area (Å²) in [5.74, 6) is -1.07. The normalized spacial score (nSPS) is 11.0. The molecular weight excluding hydrogens is 430 g/mol. The van der Waals surface area contributed by atoms with Crippen molar-refractivity contribution in [2.24, 2.45) is 5.73 Å². The van der Waals surface area contributed by atoms with Gasteiger partial charge in [0.05, 0.1) is 30.4 Å². The molecule has 170 valence electrons. The Bertz CT molecular complexity index is 1300. The molecule has 0 atom stereocenters. The third-order valence-electron chi connectivity index (χ3n) is 5.19. The van der Waals surface area contributed by atoms with Gasteiger partial charge in [-0.15, -0.1) is 0 Å². The summed E-state index contributed by atoms with van der Waals surface area (Å²) >= 11 is 0. The lowest BCUT2D eigenvalue weighted by Gasteiger charge is -2.14. The van der Waals surface area contributed by atoms with Crippen LogP contribution in [0.2, 0.25) is 0 Å². The molecule has 0 saturated heterocycles. The van der Waals surface area contributed by atoms with E-state index in [9.17, 15) is 9.18 Å². The predicted octanol–water partition coefficient (Wildman–Crippen LogP) is 4.92. The van der Waals surface area contributed by atoms with E-state index in [1.54, 1.807) is 31.2 Å². The molecule has 2 aromatic heterocycles. The molecular formula is C25H22F2N2O4. The number of nitrogens with zero attached hydrogens (tertiary/aromatic N) is 1. The number of nitrogens with two attached hydrogens (primary N) is 1. The Morgan fingerprint density at radius 2 is 1.91 bits per heavy atom. The summed E-state index contributed by atoms with van der Waals surface area (Å²) < 4.78 is 46.5. The minimum absolute atomic E-state index is 0.0304. The van der Waals surface area contributed by atoms with E-state index in [0.717, 1.165) is 0 Å². The second kappa shape index (κ2) is 9.79. The molecule has 33 heavy (non-hydrogen) atoms. The maximum Gasteiger partial charge on any atom is 0.310 e. The summed E-state index contributed by atoms with van der Waals surface area (Å²) in [4.78, 5) is 15.8. The average Bonchev–Trinajstić information content (AvgIpc) is 3.31. The highest BCUT2D eigenvalue weighted by molar-refractivity contribution is 5.93. The van der Waals surface area contributed by atoms with Crippen LogP contribution in [-0.2, 0) is 29.1 Å². The Morgan fingerprint density at radius 1 is 1.09 bits per heavy atom. The maximum atomic E-state index is 15.2. The fourth-order valence-corrected chi connectivity index (χ4v) is 3.62. The fourth-order valence-electron chi connectivity index (χ4n) is 3.62. The van der Waals surface area contributed by atoms with Crippen LogP contribution in [-0.4, -0.2) is 17.6 Å². The van der Waals surface area contributed by atoms with Crippen LogP contribution in [0, 0.1) is 11.6 Å². The highest BCUT2D eigenvalue weighted by atomic mass is 19.1. The van der Waals surface area contributed by atoms with Gasteiger partial charge in [0.2, 0.25) is 0 Å². The molecule has 6 nitrogen and oxygen atoms in total. The van der Waals surface area contributed by atoms with Crippen molar-refractivity contribution >= 4 is 16.9 Å². The monoisotopic (exact) mass is 452 g/mol. The molecule has 2 N–H and O–H groups in total. The van der Waals surface area contributed by atoms with Gasteiger partial charge in [0.1, 0.15) is 23.8 Å². The number of carbonyl (C=O) groups is 1. The van der Waals surface area contributed by atoms with E-state index in [1.807, 2.05) is 0 Å². The molecule has 2 heterocycles. The van der Waals surface area contributed by atoms with Gasteiger partial charge in [-0.25, -0.2) is 8.78 Å². The number of ether oxygens (including phenoxy) is 2. The fraction of sp³-hybridized carbons (Fsp3) is 0.200. The standard InChI is InChI=1S/C25H22F2N2O4/c1-2-31-22(30)12-15-5-3-4-6-21(15)33-14-16-11-19(25-18(23(16)26)8-10-32-25)17-7-9-29-20(13-28)24(17)27/h3-11H,2,12-14,28H2,1H3. The lowest BCUT2D eigenvalue weighted by atomic mass is 9.99. The highest BCUT2D eigenvalue weighted by Gasteiger charge is 2.20. The Hall–Kier alpha value is -3.78. The van der Waals surface area contributed by atoms with E-state index in [2.05, 4.69) is 4.98 Å². The van der Waals surface area contributed by atoms with Gasteiger partial charge in [0.15, 0.2) is 5.82 Å². The van der Waals surface area contributed by atoms with Crippen LogP contribution < -0.4 is 10.5 Å². The number of benzene rings is 2. The summed E-state index contributed by atoms with van der Waals surface area (Å²) in [6.45, 7) is 1.79. The SMILES string of the molecule is CCOC(=O)Cc1ccccc1OCc1cc(-c2ccnc(CN)c2F)c2occc2c1F. The van der Waals surface area contributed by atoms with Crippen molar-refractivity contribution in [3.63, 3.8) is 0 Å². The molecule has 0 bridgehead atoms. The van der Waals surface area contributed by atoms with Crippen molar-refractivity contribution in [3.05, 3.63) is 83.4 Å². The first-order chi connectivity index (χ1) is 16.0. The van der Waals surface area contributed by atoms with Gasteiger partial charge in [-0.05, 0) is 31.2 Å². The maximum absolute atomic E-state index is 15.2. The first-order valence-corrected chi connectivity index (χ1v) is 10.4. The summed E-state index contributed by atoms with van der Waals surface area (Å²) in [6.07, 6.45) is 2.82. The Balaban J connectivity index is 1.70. The number of para-hydroxylation sites is 1. The molecule has 0 saturated carbocycles. The number of rotatable bonds is 8. The number of pyridine rings is 1. The van der Waals surface area contributed by atoms with Crippen LogP contribution in [0.5, 0.6) is 5.75 Å². The van der Waals surface area contributed by atoms with Crippen LogP contribution in [0.15, 0.2) is 59.3 Å². The zero-order valence-electron chi connectivity index (χ0n) is 17.9. The molecule has 0 fully saturated rings. The molecule has 8 heteroatoms. The van der Waals surface area contributed by atoms with Crippen LogP contribution in [0.25, 0.3) is 22.1 Å². The van der Waals surface area contributed by atoms with Gasteiger partial charge in [0, 0.05) is 35.0 Å². The van der Waals surface area contributed by atoms with Crippen molar-refractivity contribution in [2.45, 2.75) is 26.5 Å². The van der Waals surface area contributed by atoms with Crippen LogP contribution in [0.3, 0.4) is 0 Å². The number of fused-ring (bicyclic) bond motifs is 1. The third-order valence-corrected chi connectivity index (χ3v) is 5.19. The number of esters is 1. The second-order valence-electron chi connectivity index (χ2n) is 7.26. The number of halogens is 2. The molecule has 0 unspecified atom stereocenters. The van der Waals surface area contributed by atoms with Gasteiger partial charge >= 0.3 is 5.97 Å². The molecule has 4 rings (SSSR count). The molecule has 4 aromatic rings. The van der Waals surface area contributed by atoms with Crippen molar-refractivity contribution in [2.75, 3.05) is 6.61 Å². The van der Waals surface area contributed by atoms with Crippen molar-refractivity contribution in [3.8, 4) is 16.9 Å². The number of furan rings is 1. The van der Waals surface area contributed by atoms with E-state index in [0.29, 0.717) is 16.9 Å². The third kappa shape index (κ3) is 4.56. The average molecular weight is 452 g/mol. The first kappa shape index (κ1) is 22.4. The second-order valence-corrected chi connectivity index (χ2v) is 7.26. The van der Waals surface area contributed by atoms with Crippen molar-refractivity contribution in [1.82, 2.24) is 4.98 Å². The van der Waals surface area contributed by atoms with Gasteiger partial charge in [-0.3, -0.25) is 9.78 Å². The Kier molecular flexibility index (Phi) is 6.65. The predicted molar refractivity (Wildman–Crippen MR) is 118 cm³/mol. The highest BCUT2D eigenvalue weighted by Crippen LogP contribution is 2.35. The van der Waals surface area contributed by atoms with Gasteiger partial charge in [-0.2, -0.15) is 0 Å². The lowest BCUT2D eigenvalue weighted by Crippen LogP contribution is -2.09. The number of carbonyl (C=O) groups excluding carboxylic acids is 1. The van der Waals surface area contributed by atoms with E-state index >= 15 is 4.39 Å². The minimum Gasteiger partial charge on any atom is -0.488 e. The van der Waals surface area contributed by atoms with Crippen LogP contribution >= 0.6 is 0 Å². The van der Waals surface area contributed by atoms with E-state index in [4.69, 9.17) is 19.6 Å². The largest absolute Gasteiger partial charge is 0.488 e. The molecule has 0 radical (unpaired) electrons. The molecule has 0 aliphatic carbocycles. The summed E-state index contributed by atoms with van der Waals surface area (Å²) in [5.41, 5.74) is 7.29. The van der Waals surface area contributed by atoms with Gasteiger partial charge in [0.25, 0.3) is 0 Å². The van der Waals surface area contributed by atoms with E-state index < -0.39 is 11.6 Å². The van der Waals surface area contributed by atoms with Crippen LogP contribution in [0.4, 0.5) is 8.78 Å². The summed E-state index contributed by atoms with van der Waals surface area (Å²) in [6, 6.07) is 11.4. The molecule has 0 spiro atoms. The minimum atomic E-state index is -0.587. The first-order valence-electron chi connectivity index (χ1n) is 10.4. The quantitative estimate of drug-likeness (QED) is 0.382. The van der Waals surface area contributed by atoms with Crippen molar-refractivity contribution < 1.29 is 27.5 Å². The summed E-state index contributed by atoms with van der Waals surface area (Å²) in [7, 11) is 0. The summed E-state index contributed by atoms with van der Waals surface area (Å²) in [5, 5.41) is 0.205. The topological polar surface area (TPSA) is 87.6 Å². The zero-order valence-corrected chi connectivity index (χ0v) is 17.9. The molecule has 0 amide bonds. The smallest absolute Gasteiger partial charge is 0.310 e. The molecule has 2 aromatic carbocycles. The lowest BCUT2D eigenvalue weighted by molar-refractivity contribution is -0.142. The Morgan fingerprint density at radius 3 is 2.70 bits per heavy atom. The molecule has 0 aliphatic heterocycles. The van der Waals surface area contributed by atoms with E-state index in [1.165, 1.54) is 30.7 Å². The van der Waals surface area contributed by atoms with Gasteiger partial charge in [-0.1, -0.05) is 18.2 Å². The number of aromatic nitrogens is 1. The van der Waals surface area contributed by atoms with Gasteiger partial charge < -0.3 is 19.6 Å². The molecule has 0 aliphatic rings. The van der Waals surface area contributed by atoms with Crippen LogP contribution in [0.1, 0.15) is 23.7 Å².